The molecule has 2 heterocycles. The number of piperazine rings is 1. The van der Waals surface area contributed by atoms with Crippen molar-refractivity contribution >= 4 is 17.3 Å². The third-order valence-electron chi connectivity index (χ3n) is 5.66. The van der Waals surface area contributed by atoms with Crippen LogP contribution in [0.1, 0.15) is 17.5 Å². The lowest BCUT2D eigenvalue weighted by Crippen LogP contribution is -2.46. The second-order valence-corrected chi connectivity index (χ2v) is 7.86. The highest BCUT2D eigenvalue weighted by atomic mass is 16.7. The molecule has 2 aromatic rings. The summed E-state index contributed by atoms with van der Waals surface area (Å²) in [4.78, 5) is 27.4. The summed E-state index contributed by atoms with van der Waals surface area (Å²) in [6, 6.07) is 10.5. The summed E-state index contributed by atoms with van der Waals surface area (Å²) in [7, 11) is 0. The molecule has 0 aromatic heterocycles. The Hall–Kier alpha value is -3.17. The molecule has 0 unspecified atom stereocenters. The lowest BCUT2D eigenvalue weighted by molar-refractivity contribution is -0.384. The number of benzene rings is 2. The number of nitro groups is 1. The minimum Gasteiger partial charge on any atom is -0.454 e. The largest absolute Gasteiger partial charge is 0.454 e. The summed E-state index contributed by atoms with van der Waals surface area (Å²) < 4.78 is 10.8. The van der Waals surface area contributed by atoms with Gasteiger partial charge in [0, 0.05) is 63.5 Å². The topological polar surface area (TPSA) is 97.2 Å². The molecule has 0 atom stereocenters. The molecule has 1 amide bonds. The number of ether oxygens (including phenoxy) is 2. The SMILES string of the molecule is Cc1cc([N+](=O)[O-])ccc1NC(=O)CCN1CCN(Cc2ccc3c(c2)OCO3)CC1. The van der Waals surface area contributed by atoms with E-state index in [0.29, 0.717) is 24.2 Å². The number of nitrogens with zero attached hydrogens (tertiary/aromatic N) is 3. The predicted molar refractivity (Wildman–Crippen MR) is 115 cm³/mol. The van der Waals surface area contributed by atoms with Gasteiger partial charge in [-0.05, 0) is 36.2 Å². The Morgan fingerprint density at radius 1 is 1.06 bits per heavy atom. The zero-order valence-corrected chi connectivity index (χ0v) is 17.5. The van der Waals surface area contributed by atoms with Crippen molar-refractivity contribution in [2.45, 2.75) is 19.9 Å². The van der Waals surface area contributed by atoms with Gasteiger partial charge in [0.25, 0.3) is 5.69 Å². The summed E-state index contributed by atoms with van der Waals surface area (Å²) >= 11 is 0. The fourth-order valence-electron chi connectivity index (χ4n) is 3.84. The van der Waals surface area contributed by atoms with Crippen molar-refractivity contribution in [3.63, 3.8) is 0 Å². The Bertz CT molecular complexity index is 972. The molecule has 0 radical (unpaired) electrons. The maximum Gasteiger partial charge on any atom is 0.269 e. The molecule has 0 bridgehead atoms. The molecule has 0 spiro atoms. The number of nitro benzene ring substituents is 1. The van der Waals surface area contributed by atoms with Crippen LogP contribution < -0.4 is 14.8 Å². The van der Waals surface area contributed by atoms with Gasteiger partial charge in [0.2, 0.25) is 12.7 Å². The Morgan fingerprint density at radius 2 is 1.81 bits per heavy atom. The molecule has 1 N–H and O–H groups in total. The molecule has 164 valence electrons. The van der Waals surface area contributed by atoms with Gasteiger partial charge in [-0.15, -0.1) is 0 Å². The Balaban J connectivity index is 1.19. The van der Waals surface area contributed by atoms with Gasteiger partial charge in [-0.2, -0.15) is 0 Å². The maximum absolute atomic E-state index is 12.3. The van der Waals surface area contributed by atoms with Gasteiger partial charge in [0.1, 0.15) is 0 Å². The molecule has 2 aromatic carbocycles. The van der Waals surface area contributed by atoms with Gasteiger partial charge in [0.15, 0.2) is 11.5 Å². The molecular formula is C22H26N4O5. The number of aryl methyl sites for hydroxylation is 1. The van der Waals surface area contributed by atoms with Crippen LogP contribution in [0.2, 0.25) is 0 Å². The van der Waals surface area contributed by atoms with Crippen molar-refractivity contribution in [1.29, 1.82) is 0 Å². The van der Waals surface area contributed by atoms with Gasteiger partial charge in [-0.3, -0.25) is 19.8 Å². The lowest BCUT2D eigenvalue weighted by atomic mass is 10.1. The van der Waals surface area contributed by atoms with Crippen molar-refractivity contribution in [2.75, 3.05) is 44.8 Å². The number of carbonyl (C=O) groups is 1. The van der Waals surface area contributed by atoms with E-state index in [4.69, 9.17) is 9.47 Å². The van der Waals surface area contributed by atoms with Crippen LogP contribution >= 0.6 is 0 Å². The molecule has 1 fully saturated rings. The molecule has 1 saturated heterocycles. The number of carbonyl (C=O) groups excluding carboxylic acids is 1. The van der Waals surface area contributed by atoms with Crippen LogP contribution in [0.4, 0.5) is 11.4 Å². The summed E-state index contributed by atoms with van der Waals surface area (Å²) in [5, 5.41) is 13.7. The minimum absolute atomic E-state index is 0.0223. The monoisotopic (exact) mass is 426 g/mol. The van der Waals surface area contributed by atoms with E-state index in [1.807, 2.05) is 12.1 Å². The van der Waals surface area contributed by atoms with E-state index in [-0.39, 0.29) is 18.4 Å². The maximum atomic E-state index is 12.3. The first-order chi connectivity index (χ1) is 15.0. The first-order valence-corrected chi connectivity index (χ1v) is 10.4. The Kier molecular flexibility index (Phi) is 6.34. The standard InChI is InChI=1S/C22H26N4O5/c1-16-12-18(26(28)29)3-4-19(16)23-22(27)6-7-24-8-10-25(11-9-24)14-17-2-5-20-21(13-17)31-15-30-20/h2-5,12-13H,6-11,14-15H2,1H3,(H,23,27). The second-order valence-electron chi connectivity index (χ2n) is 7.86. The summed E-state index contributed by atoms with van der Waals surface area (Å²) in [6.45, 7) is 7.30. The smallest absolute Gasteiger partial charge is 0.269 e. The van der Waals surface area contributed by atoms with Crippen LogP contribution in [0, 0.1) is 17.0 Å². The van der Waals surface area contributed by atoms with Gasteiger partial charge < -0.3 is 19.7 Å². The minimum atomic E-state index is -0.440. The lowest BCUT2D eigenvalue weighted by Gasteiger charge is -2.34. The predicted octanol–water partition coefficient (Wildman–Crippen LogP) is 2.78. The highest BCUT2D eigenvalue weighted by Crippen LogP contribution is 2.32. The van der Waals surface area contributed by atoms with E-state index >= 15 is 0 Å². The first kappa shape index (κ1) is 21.1. The fourth-order valence-corrected chi connectivity index (χ4v) is 3.84. The number of non-ortho nitro benzene ring substituents is 1. The molecule has 0 saturated carbocycles. The summed E-state index contributed by atoms with van der Waals surface area (Å²) in [5.74, 6) is 1.53. The molecule has 2 aliphatic rings. The van der Waals surface area contributed by atoms with E-state index < -0.39 is 4.92 Å². The molecule has 9 heteroatoms. The normalized spacial score (nSPS) is 16.3. The second kappa shape index (κ2) is 9.32. The van der Waals surface area contributed by atoms with E-state index in [9.17, 15) is 14.9 Å². The molecule has 0 aliphatic carbocycles. The molecule has 2 aliphatic heterocycles. The quantitative estimate of drug-likeness (QED) is 0.537. The summed E-state index contributed by atoms with van der Waals surface area (Å²) in [6.07, 6.45) is 0.387. The number of hydrogen-bond acceptors (Lipinski definition) is 7. The average Bonchev–Trinajstić information content (AvgIpc) is 3.22. The molecule has 4 rings (SSSR count). The third-order valence-corrected chi connectivity index (χ3v) is 5.66. The Morgan fingerprint density at radius 3 is 2.55 bits per heavy atom. The van der Waals surface area contributed by atoms with Crippen LogP contribution in [0.25, 0.3) is 0 Å². The zero-order chi connectivity index (χ0) is 21.8. The van der Waals surface area contributed by atoms with Crippen molar-refractivity contribution in [3.8, 4) is 11.5 Å². The number of amides is 1. The third kappa shape index (κ3) is 5.31. The van der Waals surface area contributed by atoms with E-state index in [0.717, 1.165) is 44.2 Å². The highest BCUT2D eigenvalue weighted by Gasteiger charge is 2.19. The number of rotatable bonds is 7. The summed E-state index contributed by atoms with van der Waals surface area (Å²) in [5.41, 5.74) is 2.52. The average molecular weight is 426 g/mol. The van der Waals surface area contributed by atoms with Crippen LogP contribution in [0.5, 0.6) is 11.5 Å². The van der Waals surface area contributed by atoms with E-state index in [1.54, 1.807) is 13.0 Å². The molecule has 31 heavy (non-hydrogen) atoms. The number of hydrogen-bond donors (Lipinski definition) is 1. The van der Waals surface area contributed by atoms with E-state index in [2.05, 4.69) is 21.2 Å². The van der Waals surface area contributed by atoms with Crippen molar-refractivity contribution < 1.29 is 19.2 Å². The number of fused-ring (bicyclic) bond motifs is 1. The van der Waals surface area contributed by atoms with Gasteiger partial charge >= 0.3 is 0 Å². The highest BCUT2D eigenvalue weighted by molar-refractivity contribution is 5.91. The van der Waals surface area contributed by atoms with Crippen molar-refractivity contribution in [2.24, 2.45) is 0 Å². The molecular weight excluding hydrogens is 400 g/mol. The van der Waals surface area contributed by atoms with Crippen molar-refractivity contribution in [3.05, 3.63) is 57.6 Å². The van der Waals surface area contributed by atoms with Crippen LogP contribution in [-0.4, -0.2) is 60.1 Å². The molecule has 9 nitrogen and oxygen atoms in total. The fraction of sp³-hybridized carbons (Fsp3) is 0.409. The van der Waals surface area contributed by atoms with E-state index in [1.165, 1.54) is 17.7 Å². The Labute approximate surface area is 180 Å². The van der Waals surface area contributed by atoms with Crippen molar-refractivity contribution in [1.82, 2.24) is 9.80 Å². The van der Waals surface area contributed by atoms with Crippen LogP contribution in [0.15, 0.2) is 36.4 Å². The number of anilines is 1. The first-order valence-electron chi connectivity index (χ1n) is 10.4. The van der Waals surface area contributed by atoms with Gasteiger partial charge in [0.05, 0.1) is 4.92 Å². The van der Waals surface area contributed by atoms with Gasteiger partial charge in [-0.25, -0.2) is 0 Å². The van der Waals surface area contributed by atoms with Crippen LogP contribution in [0.3, 0.4) is 0 Å². The van der Waals surface area contributed by atoms with Gasteiger partial charge in [-0.1, -0.05) is 6.07 Å². The zero-order valence-electron chi connectivity index (χ0n) is 17.5. The van der Waals surface area contributed by atoms with Crippen LogP contribution in [-0.2, 0) is 11.3 Å². The number of nitrogens with one attached hydrogen (secondary N) is 1.